The molecule has 3 aromatic carbocycles. The number of methoxy groups -OCH3 is 1. The monoisotopic (exact) mass is 384 g/mol. The highest BCUT2D eigenvalue weighted by atomic mass is 16.5. The van der Waals surface area contributed by atoms with Gasteiger partial charge in [-0.05, 0) is 49.4 Å². The Morgan fingerprint density at radius 3 is 2.14 bits per heavy atom. The first kappa shape index (κ1) is 18.5. The van der Waals surface area contributed by atoms with E-state index in [4.69, 9.17) is 4.74 Å². The Morgan fingerprint density at radius 1 is 0.828 bits per heavy atom. The molecule has 0 aromatic heterocycles. The minimum Gasteiger partial charge on any atom is -0.497 e. The number of aryl methyl sites for hydroxylation is 1. The number of benzene rings is 3. The number of carbonyl (C=O) groups is 2. The van der Waals surface area contributed by atoms with E-state index in [1.54, 1.807) is 55.8 Å². The average molecular weight is 384 g/mol. The molecule has 1 N–H and O–H groups in total. The summed E-state index contributed by atoms with van der Waals surface area (Å²) in [7, 11) is 1.57. The predicted molar refractivity (Wildman–Crippen MR) is 114 cm³/mol. The van der Waals surface area contributed by atoms with Crippen LogP contribution in [0.2, 0.25) is 0 Å². The van der Waals surface area contributed by atoms with Gasteiger partial charge in [-0.2, -0.15) is 0 Å². The summed E-state index contributed by atoms with van der Waals surface area (Å²) in [5, 5.41) is 3.18. The Bertz CT molecular complexity index is 1100. The third-order valence-corrected chi connectivity index (χ3v) is 4.85. The van der Waals surface area contributed by atoms with Crippen LogP contribution in [0.3, 0.4) is 0 Å². The molecule has 0 spiro atoms. The van der Waals surface area contributed by atoms with Crippen LogP contribution in [0.25, 0.3) is 5.57 Å². The Labute approximate surface area is 169 Å². The fraction of sp³-hybridized carbons (Fsp3) is 0.0833. The fourth-order valence-corrected chi connectivity index (χ4v) is 3.26. The summed E-state index contributed by atoms with van der Waals surface area (Å²) in [6.45, 7) is 2.02. The van der Waals surface area contributed by atoms with Crippen molar-refractivity contribution in [2.24, 2.45) is 0 Å². The van der Waals surface area contributed by atoms with Crippen LogP contribution in [0.5, 0.6) is 5.75 Å². The van der Waals surface area contributed by atoms with Crippen molar-refractivity contribution < 1.29 is 14.3 Å². The molecule has 1 aliphatic heterocycles. The third kappa shape index (κ3) is 3.50. The lowest BCUT2D eigenvalue weighted by molar-refractivity contribution is -0.112. The van der Waals surface area contributed by atoms with Crippen molar-refractivity contribution in [1.82, 2.24) is 0 Å². The van der Waals surface area contributed by atoms with E-state index in [-0.39, 0.29) is 11.8 Å². The molecule has 4 rings (SSSR count). The van der Waals surface area contributed by atoms with Gasteiger partial charge in [-0.1, -0.05) is 35.9 Å². The van der Waals surface area contributed by atoms with Gasteiger partial charge >= 0.3 is 0 Å². The molecule has 0 saturated carbocycles. The highest BCUT2D eigenvalue weighted by Gasteiger charge is 2.35. The summed E-state index contributed by atoms with van der Waals surface area (Å²) in [5.74, 6) is -0.0652. The second-order valence-corrected chi connectivity index (χ2v) is 6.76. The van der Waals surface area contributed by atoms with E-state index >= 15 is 0 Å². The summed E-state index contributed by atoms with van der Waals surface area (Å²) in [5.41, 5.74) is 4.04. The van der Waals surface area contributed by atoms with Gasteiger partial charge in [0.25, 0.3) is 11.8 Å². The van der Waals surface area contributed by atoms with Crippen molar-refractivity contribution in [3.63, 3.8) is 0 Å². The van der Waals surface area contributed by atoms with Gasteiger partial charge in [-0.15, -0.1) is 0 Å². The molecule has 0 saturated heterocycles. The number of ether oxygens (including phenoxy) is 1. The molecule has 0 radical (unpaired) electrons. The number of carbonyl (C=O) groups excluding carboxylic acids is 2. The van der Waals surface area contributed by atoms with Crippen molar-refractivity contribution in [2.75, 3.05) is 17.3 Å². The maximum Gasteiger partial charge on any atom is 0.267 e. The molecular formula is C24H20N2O3. The van der Waals surface area contributed by atoms with Crippen molar-refractivity contribution in [1.29, 1.82) is 0 Å². The number of amides is 2. The van der Waals surface area contributed by atoms with Crippen molar-refractivity contribution in [2.45, 2.75) is 6.92 Å². The summed E-state index contributed by atoms with van der Waals surface area (Å²) < 4.78 is 5.17. The Kier molecular flexibility index (Phi) is 4.87. The molecule has 0 bridgehead atoms. The van der Waals surface area contributed by atoms with Gasteiger partial charge in [0, 0.05) is 23.0 Å². The van der Waals surface area contributed by atoms with Crippen LogP contribution in [0.1, 0.15) is 21.5 Å². The first-order valence-corrected chi connectivity index (χ1v) is 9.24. The van der Waals surface area contributed by atoms with E-state index in [1.165, 1.54) is 4.90 Å². The minimum atomic E-state index is -0.376. The molecule has 1 heterocycles. The van der Waals surface area contributed by atoms with E-state index in [1.807, 2.05) is 37.3 Å². The standard InChI is InChI=1S/C24H20N2O3/c1-16-7-9-17(10-8-16)25-15-22-20-5-3-4-6-21(20)23(27)26(24(22)28)18-11-13-19(29-2)14-12-18/h3-15,25H,1-2H3/b22-15-. The summed E-state index contributed by atoms with van der Waals surface area (Å²) in [6, 6.07) is 21.9. The highest BCUT2D eigenvalue weighted by molar-refractivity contribution is 6.41. The largest absolute Gasteiger partial charge is 0.497 e. The fourth-order valence-electron chi connectivity index (χ4n) is 3.26. The SMILES string of the molecule is COc1ccc(N2C(=O)/C(=C\Nc3ccc(C)cc3)c3ccccc3C2=O)cc1. The van der Waals surface area contributed by atoms with Crippen LogP contribution >= 0.6 is 0 Å². The van der Waals surface area contributed by atoms with Crippen LogP contribution in [0.4, 0.5) is 11.4 Å². The molecule has 3 aromatic rings. The van der Waals surface area contributed by atoms with Gasteiger partial charge in [0.2, 0.25) is 0 Å². The smallest absolute Gasteiger partial charge is 0.267 e. The summed E-state index contributed by atoms with van der Waals surface area (Å²) in [6.07, 6.45) is 1.66. The topological polar surface area (TPSA) is 58.6 Å². The zero-order valence-corrected chi connectivity index (χ0v) is 16.2. The Hall–Kier alpha value is -3.86. The maximum absolute atomic E-state index is 13.3. The zero-order valence-electron chi connectivity index (χ0n) is 16.2. The number of fused-ring (bicyclic) bond motifs is 1. The van der Waals surface area contributed by atoms with Crippen LogP contribution in [-0.4, -0.2) is 18.9 Å². The summed E-state index contributed by atoms with van der Waals surface area (Å²) in [4.78, 5) is 27.6. The Balaban J connectivity index is 1.76. The average Bonchev–Trinajstić information content (AvgIpc) is 2.75. The van der Waals surface area contributed by atoms with Crippen LogP contribution in [0, 0.1) is 6.92 Å². The molecular weight excluding hydrogens is 364 g/mol. The van der Waals surface area contributed by atoms with Crippen LogP contribution in [0.15, 0.2) is 79.0 Å². The molecule has 1 aliphatic rings. The number of nitrogens with one attached hydrogen (secondary N) is 1. The second kappa shape index (κ2) is 7.64. The quantitative estimate of drug-likeness (QED) is 0.526. The zero-order chi connectivity index (χ0) is 20.4. The van der Waals surface area contributed by atoms with Gasteiger partial charge < -0.3 is 10.1 Å². The van der Waals surface area contributed by atoms with Crippen molar-refractivity contribution in [3.8, 4) is 5.75 Å². The Morgan fingerprint density at radius 2 is 1.48 bits per heavy atom. The van der Waals surface area contributed by atoms with Gasteiger partial charge in [0.1, 0.15) is 5.75 Å². The predicted octanol–water partition coefficient (Wildman–Crippen LogP) is 4.64. The maximum atomic E-state index is 13.3. The molecule has 0 aliphatic carbocycles. The van der Waals surface area contributed by atoms with Crippen molar-refractivity contribution in [3.05, 3.63) is 95.7 Å². The first-order valence-electron chi connectivity index (χ1n) is 9.24. The lowest BCUT2D eigenvalue weighted by atomic mass is 9.93. The van der Waals surface area contributed by atoms with Gasteiger partial charge in [-0.25, -0.2) is 4.90 Å². The number of hydrogen-bond donors (Lipinski definition) is 1. The molecule has 29 heavy (non-hydrogen) atoms. The molecule has 5 heteroatoms. The second-order valence-electron chi connectivity index (χ2n) is 6.76. The summed E-state index contributed by atoms with van der Waals surface area (Å²) >= 11 is 0. The van der Waals surface area contributed by atoms with E-state index < -0.39 is 0 Å². The molecule has 0 fully saturated rings. The number of anilines is 2. The van der Waals surface area contributed by atoms with E-state index in [2.05, 4.69) is 5.32 Å². The lowest BCUT2D eigenvalue weighted by Gasteiger charge is -2.28. The molecule has 0 unspecified atom stereocenters. The van der Waals surface area contributed by atoms with E-state index in [9.17, 15) is 9.59 Å². The molecule has 144 valence electrons. The van der Waals surface area contributed by atoms with Crippen LogP contribution < -0.4 is 15.0 Å². The van der Waals surface area contributed by atoms with E-state index in [0.29, 0.717) is 28.1 Å². The minimum absolute atomic E-state index is 0.344. The van der Waals surface area contributed by atoms with Gasteiger partial charge in [0.05, 0.1) is 18.4 Å². The molecule has 0 atom stereocenters. The third-order valence-electron chi connectivity index (χ3n) is 4.85. The van der Waals surface area contributed by atoms with Crippen molar-refractivity contribution >= 4 is 28.8 Å². The van der Waals surface area contributed by atoms with Gasteiger partial charge in [-0.3, -0.25) is 9.59 Å². The lowest BCUT2D eigenvalue weighted by Crippen LogP contribution is -2.42. The number of rotatable bonds is 4. The molecule has 2 amide bonds. The van der Waals surface area contributed by atoms with E-state index in [0.717, 1.165) is 11.3 Å². The number of hydrogen-bond acceptors (Lipinski definition) is 4. The highest BCUT2D eigenvalue weighted by Crippen LogP contribution is 2.32. The molecule has 5 nitrogen and oxygen atoms in total. The van der Waals surface area contributed by atoms with Gasteiger partial charge in [0.15, 0.2) is 0 Å². The number of imide groups is 1. The number of nitrogens with zero attached hydrogens (tertiary/aromatic N) is 1. The normalized spacial score (nSPS) is 14.7. The first-order chi connectivity index (χ1) is 14.1. The van der Waals surface area contributed by atoms with Crippen LogP contribution in [-0.2, 0) is 4.79 Å².